The van der Waals surface area contributed by atoms with Crippen LogP contribution in [0.25, 0.3) is 23.3 Å². The Bertz CT molecular complexity index is 1570. The van der Waals surface area contributed by atoms with E-state index in [1.165, 1.54) is 77.0 Å². The zero-order chi connectivity index (χ0) is 41.5. The first-order valence-electron chi connectivity index (χ1n) is 21.7. The van der Waals surface area contributed by atoms with Gasteiger partial charge < -0.3 is 29.2 Å². The van der Waals surface area contributed by atoms with Gasteiger partial charge in [-0.2, -0.15) is 10.5 Å². The zero-order valence-corrected chi connectivity index (χ0v) is 35.3. The molecule has 0 spiro atoms. The summed E-state index contributed by atoms with van der Waals surface area (Å²) >= 11 is 0. The lowest BCUT2D eigenvalue weighted by Gasteiger charge is -2.15. The van der Waals surface area contributed by atoms with Gasteiger partial charge in [0.05, 0.1) is 50.7 Å². The van der Waals surface area contributed by atoms with Crippen LogP contribution in [0.3, 0.4) is 0 Å². The molecule has 0 radical (unpaired) electrons. The van der Waals surface area contributed by atoms with Crippen LogP contribution in [0.2, 0.25) is 0 Å². The van der Waals surface area contributed by atoms with E-state index in [1.807, 2.05) is 60.7 Å². The van der Waals surface area contributed by atoms with Crippen LogP contribution in [-0.2, 0) is 0 Å². The summed E-state index contributed by atoms with van der Waals surface area (Å²) in [6, 6.07) is 23.6. The quantitative estimate of drug-likeness (QED) is 0.0364. The second-order valence-corrected chi connectivity index (χ2v) is 14.9. The molecule has 3 aromatic rings. The molecule has 0 saturated heterocycles. The monoisotopic (exact) mass is 793 g/mol. The molecule has 314 valence electrons. The number of rotatable bonds is 32. The van der Waals surface area contributed by atoms with Gasteiger partial charge in [-0.15, -0.1) is 0 Å². The van der Waals surface area contributed by atoms with E-state index in [9.17, 15) is 10.5 Å². The van der Waals surface area contributed by atoms with Gasteiger partial charge >= 0.3 is 0 Å². The molecule has 0 aliphatic carbocycles. The fourth-order valence-electron chi connectivity index (χ4n) is 6.95. The molecule has 0 amide bonds. The Balaban J connectivity index is 1.52. The molecule has 8 heteroatoms. The fourth-order valence-corrected chi connectivity index (χ4v) is 6.95. The summed E-state index contributed by atoms with van der Waals surface area (Å²) in [6.45, 7) is 1.97. The smallest absolute Gasteiger partial charge is 0.128 e. The minimum Gasteiger partial charge on any atom is -0.496 e. The van der Waals surface area contributed by atoms with E-state index in [0.29, 0.717) is 60.2 Å². The molecule has 0 bridgehead atoms. The lowest BCUT2D eigenvalue weighted by Crippen LogP contribution is -1.98. The second kappa shape index (κ2) is 30.3. The number of aliphatic hydroxyl groups excluding tert-OH is 2. The van der Waals surface area contributed by atoms with Crippen LogP contribution >= 0.6 is 0 Å². The molecule has 8 nitrogen and oxygen atoms in total. The van der Waals surface area contributed by atoms with Crippen molar-refractivity contribution in [2.45, 2.75) is 128 Å². The van der Waals surface area contributed by atoms with Gasteiger partial charge in [-0.3, -0.25) is 0 Å². The van der Waals surface area contributed by atoms with E-state index < -0.39 is 0 Å². The lowest BCUT2D eigenvalue weighted by molar-refractivity contribution is 0.282. The van der Waals surface area contributed by atoms with Crippen molar-refractivity contribution >= 4 is 23.3 Å². The van der Waals surface area contributed by atoms with Crippen LogP contribution in [-0.4, -0.2) is 50.9 Å². The van der Waals surface area contributed by atoms with Gasteiger partial charge in [0.1, 0.15) is 23.0 Å². The molecular weight excluding hydrogens is 725 g/mol. The van der Waals surface area contributed by atoms with Crippen LogP contribution in [0.15, 0.2) is 60.7 Å². The third-order valence-electron chi connectivity index (χ3n) is 10.4. The summed E-state index contributed by atoms with van der Waals surface area (Å²) < 4.78 is 23.5. The minimum absolute atomic E-state index is 0.308. The largest absolute Gasteiger partial charge is 0.496 e. The van der Waals surface area contributed by atoms with E-state index in [4.69, 9.17) is 29.2 Å². The van der Waals surface area contributed by atoms with E-state index in [2.05, 4.69) is 12.1 Å². The molecule has 0 atom stereocenters. The van der Waals surface area contributed by atoms with Crippen LogP contribution in [0.4, 0.5) is 0 Å². The molecule has 58 heavy (non-hydrogen) atoms. The molecule has 0 heterocycles. The fraction of sp³-hybridized carbons (Fsp3) is 0.520. The molecule has 2 N–H and O–H groups in total. The van der Waals surface area contributed by atoms with Gasteiger partial charge in [0.15, 0.2) is 0 Å². The van der Waals surface area contributed by atoms with Crippen molar-refractivity contribution in [3.63, 3.8) is 0 Å². The molecule has 0 aromatic heterocycles. The van der Waals surface area contributed by atoms with Crippen molar-refractivity contribution in [1.29, 1.82) is 10.5 Å². The van der Waals surface area contributed by atoms with Gasteiger partial charge in [-0.05, 0) is 85.4 Å². The molecule has 0 aliphatic heterocycles. The third-order valence-corrected chi connectivity index (χ3v) is 10.4. The molecule has 0 saturated carbocycles. The Labute approximate surface area is 349 Å². The lowest BCUT2D eigenvalue weighted by atomic mass is 9.96. The number of allylic oxidation sites excluding steroid dienone is 2. The summed E-state index contributed by atoms with van der Waals surface area (Å²) in [6.07, 6.45) is 27.2. The molecular formula is C50H68N2O6. The van der Waals surface area contributed by atoms with Gasteiger partial charge in [0.25, 0.3) is 0 Å². The number of ether oxygens (including phenoxy) is 4. The average Bonchev–Trinajstić information content (AvgIpc) is 3.26. The van der Waals surface area contributed by atoms with Crippen molar-refractivity contribution in [3.05, 3.63) is 82.9 Å². The van der Waals surface area contributed by atoms with E-state index >= 15 is 0 Å². The first kappa shape index (κ1) is 47.6. The Morgan fingerprint density at radius 3 is 1.03 bits per heavy atom. The van der Waals surface area contributed by atoms with Crippen LogP contribution in [0, 0.1) is 22.7 Å². The van der Waals surface area contributed by atoms with Crippen molar-refractivity contribution in [2.24, 2.45) is 0 Å². The van der Waals surface area contributed by atoms with Crippen molar-refractivity contribution in [2.75, 3.05) is 40.6 Å². The normalized spacial score (nSPS) is 11.6. The number of hydrogen-bond donors (Lipinski definition) is 2. The maximum absolute atomic E-state index is 10.2. The number of unbranched alkanes of at least 4 members (excludes halogenated alkanes) is 18. The topological polar surface area (TPSA) is 125 Å². The standard InChI is InChI=1S/C50H68N2O6/c1-55-49-37-48(44(40-52)36-42-25-29-46(30-26-42)58-34-22-18-14-10-6-4-8-12-16-20-32-54)50(56-2)38-47(49)43(39-51)35-41-23-27-45(28-24-41)57-33-21-17-13-9-5-3-7-11-15-19-31-53/h23-30,35-38,53-54H,3-22,31-34H2,1-2H3. The first-order valence-corrected chi connectivity index (χ1v) is 21.7. The summed E-state index contributed by atoms with van der Waals surface area (Å²) in [4.78, 5) is 0. The van der Waals surface area contributed by atoms with Crippen molar-refractivity contribution < 1.29 is 29.2 Å². The van der Waals surface area contributed by atoms with Crippen LogP contribution in [0.5, 0.6) is 23.0 Å². The number of aliphatic hydroxyl groups is 2. The molecule has 3 aromatic carbocycles. The Kier molecular flexibility index (Phi) is 24.9. The minimum atomic E-state index is 0.308. The zero-order valence-electron chi connectivity index (χ0n) is 35.3. The molecule has 0 unspecified atom stereocenters. The van der Waals surface area contributed by atoms with Gasteiger partial charge in [0, 0.05) is 24.3 Å². The summed E-state index contributed by atoms with van der Waals surface area (Å²) in [5, 5.41) is 38.2. The van der Waals surface area contributed by atoms with E-state index in [-0.39, 0.29) is 0 Å². The van der Waals surface area contributed by atoms with Crippen molar-refractivity contribution in [3.8, 4) is 35.1 Å². The maximum atomic E-state index is 10.2. The SMILES string of the molecule is COc1cc(C(C#N)=Cc2ccc(OCCCCCCCCCCCCO)cc2)c(OC)cc1C(C#N)=Cc1ccc(OCCCCCCCCCCCCO)cc1. The highest BCUT2D eigenvalue weighted by atomic mass is 16.5. The summed E-state index contributed by atoms with van der Waals surface area (Å²) in [5.41, 5.74) is 3.64. The van der Waals surface area contributed by atoms with Crippen molar-refractivity contribution in [1.82, 2.24) is 0 Å². The average molecular weight is 793 g/mol. The Morgan fingerprint density at radius 1 is 0.466 bits per heavy atom. The highest BCUT2D eigenvalue weighted by Crippen LogP contribution is 2.38. The third kappa shape index (κ3) is 18.7. The number of benzene rings is 3. The molecule has 0 aliphatic rings. The summed E-state index contributed by atoms with van der Waals surface area (Å²) in [5.74, 6) is 2.52. The number of nitrogens with zero attached hydrogens (tertiary/aromatic N) is 2. The Hall–Kier alpha value is -4.76. The number of hydrogen-bond acceptors (Lipinski definition) is 8. The highest BCUT2D eigenvalue weighted by molar-refractivity contribution is 5.96. The first-order chi connectivity index (χ1) is 28.6. The summed E-state index contributed by atoms with van der Waals surface area (Å²) in [7, 11) is 3.11. The predicted molar refractivity (Wildman–Crippen MR) is 237 cm³/mol. The number of nitriles is 2. The van der Waals surface area contributed by atoms with E-state index in [0.717, 1.165) is 74.0 Å². The van der Waals surface area contributed by atoms with Crippen LogP contribution in [0.1, 0.15) is 151 Å². The maximum Gasteiger partial charge on any atom is 0.128 e. The predicted octanol–water partition coefficient (Wildman–Crippen LogP) is 12.4. The molecule has 0 fully saturated rings. The van der Waals surface area contributed by atoms with Gasteiger partial charge in [0.2, 0.25) is 0 Å². The molecule has 3 rings (SSSR count). The van der Waals surface area contributed by atoms with E-state index in [1.54, 1.807) is 26.4 Å². The second-order valence-electron chi connectivity index (χ2n) is 14.9. The van der Waals surface area contributed by atoms with Crippen LogP contribution < -0.4 is 18.9 Å². The Morgan fingerprint density at radius 2 is 0.759 bits per heavy atom. The van der Waals surface area contributed by atoms with Gasteiger partial charge in [-0.25, -0.2) is 0 Å². The van der Waals surface area contributed by atoms with Gasteiger partial charge in [-0.1, -0.05) is 127 Å². The highest BCUT2D eigenvalue weighted by Gasteiger charge is 2.18. The number of methoxy groups -OCH3 is 2.